The number of aromatic nitrogens is 2. The van der Waals surface area contributed by atoms with Gasteiger partial charge in [-0.1, -0.05) is 53.8 Å². The summed E-state index contributed by atoms with van der Waals surface area (Å²) in [5.41, 5.74) is 2.73. The molecule has 4 rings (SSSR count). The molecule has 0 saturated carbocycles. The lowest BCUT2D eigenvalue weighted by molar-refractivity contribution is 0.0987. The Bertz CT molecular complexity index is 982. The van der Waals surface area contributed by atoms with Crippen LogP contribution in [0.5, 0.6) is 0 Å². The molecule has 0 saturated heterocycles. The Morgan fingerprint density at radius 2 is 1.65 bits per heavy atom. The Morgan fingerprint density at radius 1 is 0.923 bits per heavy atom. The van der Waals surface area contributed by atoms with Crippen molar-refractivity contribution >= 4 is 32.6 Å². The lowest BCUT2D eigenvalue weighted by Crippen LogP contribution is -2.32. The highest BCUT2D eigenvalue weighted by Crippen LogP contribution is 2.29. The summed E-state index contributed by atoms with van der Waals surface area (Å²) in [6, 6.07) is 21.6. The van der Waals surface area contributed by atoms with Gasteiger partial charge in [-0.15, -0.1) is 0 Å². The molecular formula is C21H17N3OS. The highest BCUT2D eigenvalue weighted by molar-refractivity contribution is 7.22. The number of carbonyl (C=O) groups excluding carboxylic acids is 1. The minimum absolute atomic E-state index is 0.0533. The number of benzene rings is 2. The number of carbonyl (C=O) groups is 1. The molecule has 5 heteroatoms. The van der Waals surface area contributed by atoms with Crippen LogP contribution in [0.1, 0.15) is 15.9 Å². The van der Waals surface area contributed by atoms with Gasteiger partial charge >= 0.3 is 0 Å². The average Bonchev–Trinajstić information content (AvgIpc) is 3.13. The predicted molar refractivity (Wildman–Crippen MR) is 106 cm³/mol. The van der Waals surface area contributed by atoms with Crippen molar-refractivity contribution in [3.8, 4) is 0 Å². The van der Waals surface area contributed by atoms with Gasteiger partial charge in [0.2, 0.25) is 0 Å². The van der Waals surface area contributed by atoms with Gasteiger partial charge in [0.05, 0.1) is 10.2 Å². The molecule has 0 aliphatic carbocycles. The number of hydrogen-bond donors (Lipinski definition) is 0. The summed E-state index contributed by atoms with van der Waals surface area (Å²) in [7, 11) is 0. The minimum Gasteiger partial charge on any atom is -0.284 e. The molecule has 0 unspecified atom stereocenters. The highest BCUT2D eigenvalue weighted by atomic mass is 32.1. The molecule has 26 heavy (non-hydrogen) atoms. The van der Waals surface area contributed by atoms with E-state index in [-0.39, 0.29) is 5.91 Å². The van der Waals surface area contributed by atoms with Crippen LogP contribution in [0.2, 0.25) is 0 Å². The van der Waals surface area contributed by atoms with Crippen molar-refractivity contribution in [3.05, 3.63) is 90.3 Å². The Kier molecular flexibility index (Phi) is 4.71. The van der Waals surface area contributed by atoms with Crippen LogP contribution in [-0.4, -0.2) is 22.4 Å². The van der Waals surface area contributed by atoms with Gasteiger partial charge in [0, 0.05) is 24.5 Å². The molecule has 0 aliphatic rings. The van der Waals surface area contributed by atoms with Crippen molar-refractivity contribution in [1.29, 1.82) is 0 Å². The first-order chi connectivity index (χ1) is 12.8. The maximum Gasteiger partial charge on any atom is 0.260 e. The standard InChI is InChI=1S/C21H17N3OS/c25-20(17-10-13-22-14-11-17)24(15-12-16-6-2-1-3-7-16)21-23-18-8-4-5-9-19(18)26-21/h1-11,13-14H,12,15H2. The molecular weight excluding hydrogens is 342 g/mol. The molecule has 0 bridgehead atoms. The molecule has 4 aromatic rings. The molecule has 0 fully saturated rings. The van der Waals surface area contributed by atoms with Crippen molar-refractivity contribution in [3.63, 3.8) is 0 Å². The number of thiazole rings is 1. The van der Waals surface area contributed by atoms with E-state index in [0.29, 0.717) is 12.1 Å². The van der Waals surface area contributed by atoms with Gasteiger partial charge in [0.15, 0.2) is 5.13 Å². The molecule has 0 aliphatic heterocycles. The van der Waals surface area contributed by atoms with Gasteiger partial charge in [-0.2, -0.15) is 0 Å². The molecule has 0 N–H and O–H groups in total. The lowest BCUT2D eigenvalue weighted by Gasteiger charge is -2.20. The smallest absolute Gasteiger partial charge is 0.260 e. The Hall–Kier alpha value is -3.05. The van der Waals surface area contributed by atoms with Crippen molar-refractivity contribution in [1.82, 2.24) is 9.97 Å². The van der Waals surface area contributed by atoms with Gasteiger partial charge in [-0.05, 0) is 36.2 Å². The van der Waals surface area contributed by atoms with E-state index in [1.54, 1.807) is 40.8 Å². The molecule has 2 aromatic carbocycles. The van der Waals surface area contributed by atoms with E-state index < -0.39 is 0 Å². The second-order valence-electron chi connectivity index (χ2n) is 5.89. The topological polar surface area (TPSA) is 46.1 Å². The van der Waals surface area contributed by atoms with E-state index in [2.05, 4.69) is 22.1 Å². The fourth-order valence-corrected chi connectivity index (χ4v) is 3.79. The van der Waals surface area contributed by atoms with Gasteiger partial charge in [0.25, 0.3) is 5.91 Å². The lowest BCUT2D eigenvalue weighted by atomic mass is 10.1. The van der Waals surface area contributed by atoms with E-state index in [9.17, 15) is 4.79 Å². The van der Waals surface area contributed by atoms with Crippen LogP contribution in [0.3, 0.4) is 0 Å². The average molecular weight is 359 g/mol. The third kappa shape index (κ3) is 3.48. The molecule has 1 amide bonds. The van der Waals surface area contributed by atoms with Crippen LogP contribution in [0.15, 0.2) is 79.1 Å². The van der Waals surface area contributed by atoms with E-state index in [1.807, 2.05) is 42.5 Å². The number of fused-ring (bicyclic) bond motifs is 1. The zero-order chi connectivity index (χ0) is 17.8. The fraction of sp³-hybridized carbons (Fsp3) is 0.0952. The van der Waals surface area contributed by atoms with Crippen LogP contribution in [0.4, 0.5) is 5.13 Å². The third-order valence-electron chi connectivity index (χ3n) is 4.15. The first-order valence-corrected chi connectivity index (χ1v) is 9.24. The van der Waals surface area contributed by atoms with Crippen LogP contribution in [-0.2, 0) is 6.42 Å². The SMILES string of the molecule is O=C(c1ccncc1)N(CCc1ccccc1)c1nc2ccccc2s1. The largest absolute Gasteiger partial charge is 0.284 e. The quantitative estimate of drug-likeness (QED) is 0.524. The van der Waals surface area contributed by atoms with Gasteiger partial charge in [-0.3, -0.25) is 14.7 Å². The van der Waals surface area contributed by atoms with Crippen LogP contribution < -0.4 is 4.90 Å². The number of pyridine rings is 1. The Morgan fingerprint density at radius 3 is 2.42 bits per heavy atom. The molecule has 128 valence electrons. The van der Waals surface area contributed by atoms with Gasteiger partial charge < -0.3 is 0 Å². The van der Waals surface area contributed by atoms with Crippen LogP contribution >= 0.6 is 11.3 Å². The number of anilines is 1. The number of rotatable bonds is 5. The molecule has 0 radical (unpaired) electrons. The van der Waals surface area contributed by atoms with E-state index >= 15 is 0 Å². The zero-order valence-corrected chi connectivity index (χ0v) is 14.9. The molecule has 0 atom stereocenters. The van der Waals surface area contributed by atoms with E-state index in [1.165, 1.54) is 5.56 Å². The minimum atomic E-state index is -0.0533. The van der Waals surface area contributed by atoms with Crippen molar-refractivity contribution < 1.29 is 4.79 Å². The number of nitrogens with zero attached hydrogens (tertiary/aromatic N) is 3. The first kappa shape index (κ1) is 16.4. The summed E-state index contributed by atoms with van der Waals surface area (Å²) in [6.45, 7) is 0.574. The number of amides is 1. The van der Waals surface area contributed by atoms with E-state index in [4.69, 9.17) is 0 Å². The van der Waals surface area contributed by atoms with Crippen molar-refractivity contribution in [2.45, 2.75) is 6.42 Å². The van der Waals surface area contributed by atoms with Crippen LogP contribution in [0.25, 0.3) is 10.2 Å². The van der Waals surface area contributed by atoms with E-state index in [0.717, 1.165) is 21.8 Å². The number of para-hydroxylation sites is 1. The zero-order valence-electron chi connectivity index (χ0n) is 14.1. The summed E-state index contributed by atoms with van der Waals surface area (Å²) in [4.78, 5) is 23.6. The van der Waals surface area contributed by atoms with Crippen molar-refractivity contribution in [2.75, 3.05) is 11.4 Å². The second-order valence-corrected chi connectivity index (χ2v) is 6.90. The van der Waals surface area contributed by atoms with Crippen LogP contribution in [0, 0.1) is 0 Å². The summed E-state index contributed by atoms with van der Waals surface area (Å²) in [5.74, 6) is -0.0533. The Labute approximate surface area is 155 Å². The van der Waals surface area contributed by atoms with Gasteiger partial charge in [-0.25, -0.2) is 4.98 Å². The summed E-state index contributed by atoms with van der Waals surface area (Å²) in [6.07, 6.45) is 4.05. The summed E-state index contributed by atoms with van der Waals surface area (Å²) < 4.78 is 1.08. The number of hydrogen-bond acceptors (Lipinski definition) is 4. The van der Waals surface area contributed by atoms with Gasteiger partial charge in [0.1, 0.15) is 0 Å². The molecule has 0 spiro atoms. The predicted octanol–water partition coefficient (Wildman–Crippen LogP) is 4.58. The fourth-order valence-electron chi connectivity index (χ4n) is 2.80. The normalized spacial score (nSPS) is 10.8. The highest BCUT2D eigenvalue weighted by Gasteiger charge is 2.21. The first-order valence-electron chi connectivity index (χ1n) is 8.43. The van der Waals surface area contributed by atoms with Crippen molar-refractivity contribution in [2.24, 2.45) is 0 Å². The third-order valence-corrected chi connectivity index (χ3v) is 5.21. The molecule has 4 nitrogen and oxygen atoms in total. The maximum atomic E-state index is 13.1. The second kappa shape index (κ2) is 7.45. The molecule has 2 aromatic heterocycles. The molecule has 2 heterocycles. The summed E-state index contributed by atoms with van der Waals surface area (Å²) in [5, 5.41) is 0.726. The monoisotopic (exact) mass is 359 g/mol. The summed E-state index contributed by atoms with van der Waals surface area (Å²) >= 11 is 1.54. The Balaban J connectivity index is 1.67. The maximum absolute atomic E-state index is 13.1.